The Labute approximate surface area is 162 Å². The van der Waals surface area contributed by atoms with E-state index >= 15 is 0 Å². The normalized spacial score (nSPS) is 19.4. The number of carbonyl (C=O) groups excluding carboxylic acids is 2. The molecule has 1 saturated carbocycles. The highest BCUT2D eigenvalue weighted by atomic mass is 35.6. The van der Waals surface area contributed by atoms with Crippen molar-refractivity contribution in [1.82, 2.24) is 9.47 Å². The van der Waals surface area contributed by atoms with Crippen LogP contribution in [0.1, 0.15) is 56.2 Å². The third-order valence-corrected chi connectivity index (χ3v) is 5.32. The van der Waals surface area contributed by atoms with Crippen LogP contribution in [0.4, 0.5) is 4.79 Å². The highest BCUT2D eigenvalue weighted by molar-refractivity contribution is 6.77. The number of carbonyl (C=O) groups is 2. The lowest BCUT2D eigenvalue weighted by atomic mass is 9.72. The van der Waals surface area contributed by atoms with Crippen LogP contribution in [0.5, 0.6) is 0 Å². The molecule has 0 aromatic carbocycles. The van der Waals surface area contributed by atoms with E-state index in [1.807, 2.05) is 31.4 Å². The summed E-state index contributed by atoms with van der Waals surface area (Å²) in [4.78, 5) is 26.9. The maximum absolute atomic E-state index is 12.7. The number of nitrogens with zero attached hydrogens (tertiary/aromatic N) is 2. The lowest BCUT2D eigenvalue weighted by Crippen LogP contribution is -2.59. The number of rotatable bonds is 1. The van der Waals surface area contributed by atoms with Crippen molar-refractivity contribution >= 4 is 46.7 Å². The zero-order valence-corrected chi connectivity index (χ0v) is 16.7. The Hall–Kier alpha value is -0.910. The van der Waals surface area contributed by atoms with Crippen molar-refractivity contribution in [1.29, 1.82) is 0 Å². The predicted molar refractivity (Wildman–Crippen MR) is 97.5 cm³/mol. The summed E-state index contributed by atoms with van der Waals surface area (Å²) in [5, 5.41) is 0. The van der Waals surface area contributed by atoms with Gasteiger partial charge < -0.3 is 9.30 Å². The number of ether oxygens (including phenoxy) is 1. The van der Waals surface area contributed by atoms with Gasteiger partial charge in [0.25, 0.3) is 3.79 Å². The van der Waals surface area contributed by atoms with E-state index in [1.54, 1.807) is 11.0 Å². The van der Waals surface area contributed by atoms with E-state index in [-0.39, 0.29) is 6.09 Å². The van der Waals surface area contributed by atoms with Crippen LogP contribution in [0.15, 0.2) is 12.1 Å². The molecule has 2 aliphatic rings. The SMILES string of the molecule is CC(C)(C)OC(=O)N1CCn2c(C(=O)C(Cl)(Cl)Cl)ccc2C12CCC2. The second kappa shape index (κ2) is 6.07. The topological polar surface area (TPSA) is 51.5 Å². The van der Waals surface area contributed by atoms with Crippen LogP contribution in [-0.2, 0) is 16.8 Å². The average molecular weight is 408 g/mol. The highest BCUT2D eigenvalue weighted by Crippen LogP contribution is 2.49. The summed E-state index contributed by atoms with van der Waals surface area (Å²) in [6, 6.07) is 3.54. The summed E-state index contributed by atoms with van der Waals surface area (Å²) in [6.07, 6.45) is 2.35. The minimum Gasteiger partial charge on any atom is -0.444 e. The quantitative estimate of drug-likeness (QED) is 0.502. The fourth-order valence-electron chi connectivity index (χ4n) is 3.63. The monoisotopic (exact) mass is 406 g/mol. The summed E-state index contributed by atoms with van der Waals surface area (Å²) in [6.45, 7) is 6.47. The van der Waals surface area contributed by atoms with Crippen molar-refractivity contribution < 1.29 is 14.3 Å². The molecule has 1 aromatic rings. The van der Waals surface area contributed by atoms with E-state index in [1.165, 1.54) is 0 Å². The number of amides is 1. The first kappa shape index (κ1) is 18.9. The zero-order valence-electron chi connectivity index (χ0n) is 14.4. The number of Topliss-reactive ketones (excluding diaryl/α,β-unsaturated/α-hetero) is 1. The summed E-state index contributed by atoms with van der Waals surface area (Å²) in [5.74, 6) is -0.552. The van der Waals surface area contributed by atoms with Crippen LogP contribution in [0.25, 0.3) is 0 Å². The maximum atomic E-state index is 12.7. The van der Waals surface area contributed by atoms with Crippen LogP contribution in [0, 0.1) is 0 Å². The first-order valence-electron chi connectivity index (χ1n) is 8.28. The number of alkyl halides is 3. The number of halogens is 3. The summed E-state index contributed by atoms with van der Waals surface area (Å²) in [7, 11) is 0. The Kier molecular flexibility index (Phi) is 4.58. The number of fused-ring (bicyclic) bond motifs is 2. The van der Waals surface area contributed by atoms with Crippen molar-refractivity contribution in [3.63, 3.8) is 0 Å². The zero-order chi connectivity index (χ0) is 18.6. The first-order chi connectivity index (χ1) is 11.5. The van der Waals surface area contributed by atoms with Crippen molar-refractivity contribution in [3.05, 3.63) is 23.5 Å². The molecule has 0 bridgehead atoms. The van der Waals surface area contributed by atoms with Gasteiger partial charge in [0.15, 0.2) is 0 Å². The van der Waals surface area contributed by atoms with Gasteiger partial charge >= 0.3 is 6.09 Å². The van der Waals surface area contributed by atoms with Gasteiger partial charge in [-0.2, -0.15) is 0 Å². The van der Waals surface area contributed by atoms with Crippen molar-refractivity contribution in [2.75, 3.05) is 6.54 Å². The first-order valence-corrected chi connectivity index (χ1v) is 9.41. The second-order valence-electron chi connectivity index (χ2n) is 7.60. The third kappa shape index (κ3) is 3.26. The largest absolute Gasteiger partial charge is 0.444 e. The van der Waals surface area contributed by atoms with Gasteiger partial charge in [-0.3, -0.25) is 9.69 Å². The highest BCUT2D eigenvalue weighted by Gasteiger charge is 2.52. The fourth-order valence-corrected chi connectivity index (χ4v) is 3.92. The molecule has 0 unspecified atom stereocenters. The molecule has 0 radical (unpaired) electrons. The van der Waals surface area contributed by atoms with Crippen molar-refractivity contribution in [3.8, 4) is 0 Å². The van der Waals surface area contributed by atoms with E-state index in [9.17, 15) is 9.59 Å². The molecule has 8 heteroatoms. The molecule has 1 aromatic heterocycles. The van der Waals surface area contributed by atoms with E-state index in [2.05, 4.69) is 0 Å². The van der Waals surface area contributed by atoms with Gasteiger partial charge in [0, 0.05) is 18.8 Å². The van der Waals surface area contributed by atoms with Crippen LogP contribution in [0.2, 0.25) is 0 Å². The average Bonchev–Trinajstić information content (AvgIpc) is 2.84. The Morgan fingerprint density at radius 1 is 1.12 bits per heavy atom. The summed E-state index contributed by atoms with van der Waals surface area (Å²) >= 11 is 17.3. The van der Waals surface area contributed by atoms with E-state index in [0.717, 1.165) is 25.0 Å². The number of hydrogen-bond donors (Lipinski definition) is 0. The Morgan fingerprint density at radius 2 is 1.76 bits per heavy atom. The standard InChI is InChI=1S/C17H21Cl3N2O3/c1-15(2,3)25-14(24)22-10-9-21-11(13(23)17(18,19)20)5-6-12(21)16(22)7-4-8-16/h5-6H,4,7-10H2,1-3H3. The van der Waals surface area contributed by atoms with Gasteiger partial charge in [-0.15, -0.1) is 0 Å². The van der Waals surface area contributed by atoms with Crippen LogP contribution < -0.4 is 0 Å². The number of ketones is 1. The predicted octanol–water partition coefficient (Wildman–Crippen LogP) is 4.67. The van der Waals surface area contributed by atoms with E-state index in [0.29, 0.717) is 18.8 Å². The van der Waals surface area contributed by atoms with Crippen LogP contribution in [-0.4, -0.2) is 37.3 Å². The van der Waals surface area contributed by atoms with E-state index in [4.69, 9.17) is 39.5 Å². The molecule has 0 N–H and O–H groups in total. The Balaban J connectivity index is 1.96. The molecule has 1 aliphatic carbocycles. The van der Waals surface area contributed by atoms with Gasteiger partial charge in [-0.25, -0.2) is 4.79 Å². The second-order valence-corrected chi connectivity index (χ2v) is 9.88. The Morgan fingerprint density at radius 3 is 2.24 bits per heavy atom. The fraction of sp³-hybridized carbons (Fsp3) is 0.647. The molecule has 0 saturated heterocycles. The molecular weight excluding hydrogens is 387 g/mol. The van der Waals surface area contributed by atoms with Gasteiger partial charge in [0.2, 0.25) is 5.78 Å². The molecule has 0 atom stereocenters. The van der Waals surface area contributed by atoms with Crippen molar-refractivity contribution in [2.45, 2.75) is 61.5 Å². The summed E-state index contributed by atoms with van der Waals surface area (Å²) < 4.78 is 5.46. The minimum absolute atomic E-state index is 0.325. The molecule has 138 valence electrons. The minimum atomic E-state index is -2.00. The molecule has 1 amide bonds. The van der Waals surface area contributed by atoms with Gasteiger partial charge in [0.1, 0.15) is 5.60 Å². The number of aromatic nitrogens is 1. The lowest BCUT2D eigenvalue weighted by molar-refractivity contribution is -0.0426. The van der Waals surface area contributed by atoms with Gasteiger partial charge in [-0.1, -0.05) is 34.8 Å². The lowest BCUT2D eigenvalue weighted by Gasteiger charge is -2.53. The van der Waals surface area contributed by atoms with E-state index < -0.39 is 20.7 Å². The molecule has 2 heterocycles. The Bertz CT molecular complexity index is 712. The molecule has 25 heavy (non-hydrogen) atoms. The summed E-state index contributed by atoms with van der Waals surface area (Å²) in [5.41, 5.74) is 0.281. The maximum Gasteiger partial charge on any atom is 0.411 e. The van der Waals surface area contributed by atoms with Gasteiger partial charge in [0.05, 0.1) is 11.2 Å². The molecule has 3 rings (SSSR count). The molecule has 1 aliphatic heterocycles. The molecule has 1 spiro atoms. The van der Waals surface area contributed by atoms with Gasteiger partial charge in [-0.05, 0) is 52.2 Å². The van der Waals surface area contributed by atoms with Crippen LogP contribution >= 0.6 is 34.8 Å². The molecule has 5 nitrogen and oxygen atoms in total. The third-order valence-electron chi connectivity index (χ3n) is 4.81. The van der Waals surface area contributed by atoms with Crippen molar-refractivity contribution in [2.24, 2.45) is 0 Å². The number of hydrogen-bond acceptors (Lipinski definition) is 3. The molecular formula is C17H21Cl3N2O3. The smallest absolute Gasteiger partial charge is 0.411 e. The molecule has 1 fully saturated rings. The van der Waals surface area contributed by atoms with Crippen LogP contribution in [0.3, 0.4) is 0 Å².